The van der Waals surface area contributed by atoms with Gasteiger partial charge in [0.25, 0.3) is 5.69 Å². The van der Waals surface area contributed by atoms with Gasteiger partial charge in [-0.05, 0) is 31.4 Å². The molecule has 1 unspecified atom stereocenters. The zero-order valence-electron chi connectivity index (χ0n) is 11.2. The molecule has 0 bridgehead atoms. The van der Waals surface area contributed by atoms with Crippen molar-refractivity contribution < 1.29 is 4.92 Å². The van der Waals surface area contributed by atoms with Gasteiger partial charge in [-0.15, -0.1) is 0 Å². The van der Waals surface area contributed by atoms with Crippen LogP contribution < -0.4 is 4.90 Å². The lowest BCUT2D eigenvalue weighted by Gasteiger charge is -2.35. The van der Waals surface area contributed by atoms with E-state index in [-0.39, 0.29) is 11.7 Å². The number of hydrogen-bond acceptors (Lipinski definition) is 5. The normalized spacial score (nSPS) is 18.7. The Kier molecular flexibility index (Phi) is 3.74. The Morgan fingerprint density at radius 1 is 1.43 bits per heavy atom. The van der Waals surface area contributed by atoms with E-state index in [9.17, 15) is 10.1 Å². The highest BCUT2D eigenvalue weighted by atomic mass is 35.5. The van der Waals surface area contributed by atoms with Crippen molar-refractivity contribution in [3.8, 4) is 0 Å². The molecular weight excluding hydrogens is 294 g/mol. The summed E-state index contributed by atoms with van der Waals surface area (Å²) in [5, 5.41) is 18.4. The molecule has 110 valence electrons. The van der Waals surface area contributed by atoms with Crippen LogP contribution in [0.5, 0.6) is 0 Å². The van der Waals surface area contributed by atoms with Crippen molar-refractivity contribution in [3.05, 3.63) is 45.5 Å². The Morgan fingerprint density at radius 2 is 2.29 bits per heavy atom. The number of nitro benzene ring substituents is 1. The topological polar surface area (TPSA) is 87.9 Å². The SMILES string of the molecule is O=[N+]([O-])c1cc(Cl)ccc1N1CCCCC1c1ncn[nH]1. The lowest BCUT2D eigenvalue weighted by Crippen LogP contribution is -2.34. The van der Waals surface area contributed by atoms with Gasteiger partial charge in [0.15, 0.2) is 0 Å². The minimum Gasteiger partial charge on any atom is -0.356 e. The van der Waals surface area contributed by atoms with E-state index in [0.717, 1.165) is 31.6 Å². The number of aromatic nitrogens is 3. The quantitative estimate of drug-likeness (QED) is 0.695. The number of nitrogens with zero attached hydrogens (tertiary/aromatic N) is 4. The van der Waals surface area contributed by atoms with Crippen LogP contribution in [0, 0.1) is 10.1 Å². The third-order valence-electron chi connectivity index (χ3n) is 3.70. The molecule has 21 heavy (non-hydrogen) atoms. The largest absolute Gasteiger partial charge is 0.356 e. The molecule has 0 amide bonds. The molecule has 1 aromatic carbocycles. The van der Waals surface area contributed by atoms with Gasteiger partial charge in [0.1, 0.15) is 17.8 Å². The van der Waals surface area contributed by atoms with Crippen LogP contribution in [-0.4, -0.2) is 26.6 Å². The van der Waals surface area contributed by atoms with E-state index in [2.05, 4.69) is 15.2 Å². The van der Waals surface area contributed by atoms with Crippen molar-refractivity contribution >= 4 is 23.0 Å². The summed E-state index contributed by atoms with van der Waals surface area (Å²) < 4.78 is 0. The second kappa shape index (κ2) is 5.69. The van der Waals surface area contributed by atoms with E-state index in [1.54, 1.807) is 12.1 Å². The lowest BCUT2D eigenvalue weighted by molar-refractivity contribution is -0.384. The van der Waals surface area contributed by atoms with Gasteiger partial charge >= 0.3 is 0 Å². The number of H-pyrrole nitrogens is 1. The van der Waals surface area contributed by atoms with Crippen LogP contribution in [-0.2, 0) is 0 Å². The Balaban J connectivity index is 2.03. The zero-order valence-corrected chi connectivity index (χ0v) is 12.0. The summed E-state index contributed by atoms with van der Waals surface area (Å²) in [6.45, 7) is 0.744. The number of halogens is 1. The highest BCUT2D eigenvalue weighted by Gasteiger charge is 2.30. The molecule has 1 aliphatic heterocycles. The van der Waals surface area contributed by atoms with Crippen LogP contribution in [0.2, 0.25) is 5.02 Å². The van der Waals surface area contributed by atoms with E-state index >= 15 is 0 Å². The highest BCUT2D eigenvalue weighted by Crippen LogP contribution is 2.39. The predicted octanol–water partition coefficient (Wildman–Crippen LogP) is 3.10. The molecule has 0 saturated carbocycles. The van der Waals surface area contributed by atoms with Crippen LogP contribution in [0.3, 0.4) is 0 Å². The first kappa shape index (κ1) is 13.8. The van der Waals surface area contributed by atoms with Crippen LogP contribution in [0.25, 0.3) is 0 Å². The molecule has 2 aromatic rings. The molecule has 0 spiro atoms. The first-order chi connectivity index (χ1) is 10.2. The summed E-state index contributed by atoms with van der Waals surface area (Å²) in [6.07, 6.45) is 4.39. The fraction of sp³-hybridized carbons (Fsp3) is 0.385. The maximum absolute atomic E-state index is 11.3. The third-order valence-corrected chi connectivity index (χ3v) is 3.93. The van der Waals surface area contributed by atoms with Gasteiger partial charge in [-0.2, -0.15) is 5.10 Å². The fourth-order valence-electron chi connectivity index (χ4n) is 2.77. The Morgan fingerprint density at radius 3 is 3.00 bits per heavy atom. The number of hydrogen-bond donors (Lipinski definition) is 1. The van der Waals surface area contributed by atoms with Crippen LogP contribution in [0.15, 0.2) is 24.5 Å². The molecule has 1 fully saturated rings. The second-order valence-corrected chi connectivity index (χ2v) is 5.40. The Hall–Kier alpha value is -2.15. The number of nitro groups is 1. The van der Waals surface area contributed by atoms with Crippen molar-refractivity contribution in [1.29, 1.82) is 0 Å². The highest BCUT2D eigenvalue weighted by molar-refractivity contribution is 6.30. The first-order valence-electron chi connectivity index (χ1n) is 6.72. The molecule has 0 aliphatic carbocycles. The Bertz CT molecular complexity index is 646. The van der Waals surface area contributed by atoms with Crippen molar-refractivity contribution in [3.63, 3.8) is 0 Å². The molecule has 1 aromatic heterocycles. The summed E-state index contributed by atoms with van der Waals surface area (Å²) in [5.74, 6) is 0.735. The van der Waals surface area contributed by atoms with Crippen molar-refractivity contribution in [1.82, 2.24) is 15.2 Å². The maximum Gasteiger partial charge on any atom is 0.294 e. The second-order valence-electron chi connectivity index (χ2n) is 4.97. The van der Waals surface area contributed by atoms with Gasteiger partial charge in [0.05, 0.1) is 11.0 Å². The minimum absolute atomic E-state index is 0.0221. The van der Waals surface area contributed by atoms with Gasteiger partial charge in [0.2, 0.25) is 0 Å². The lowest BCUT2D eigenvalue weighted by atomic mass is 10.00. The van der Waals surface area contributed by atoms with E-state index < -0.39 is 4.92 Å². The molecule has 8 heteroatoms. The molecule has 1 N–H and O–H groups in total. The predicted molar refractivity (Wildman–Crippen MR) is 78.4 cm³/mol. The molecule has 1 atom stereocenters. The van der Waals surface area contributed by atoms with Crippen molar-refractivity contribution in [2.24, 2.45) is 0 Å². The summed E-state index contributed by atoms with van der Waals surface area (Å²) in [4.78, 5) is 17.1. The van der Waals surface area contributed by atoms with Crippen LogP contribution >= 0.6 is 11.6 Å². The standard InChI is InChI=1S/C13H14ClN5O2/c14-9-4-5-10(12(7-9)19(20)21)18-6-2-1-3-11(18)13-15-8-16-17-13/h4-5,7-8,11H,1-3,6H2,(H,15,16,17). The van der Waals surface area contributed by atoms with Gasteiger partial charge < -0.3 is 4.90 Å². The maximum atomic E-state index is 11.3. The van der Waals surface area contributed by atoms with E-state index in [1.165, 1.54) is 12.4 Å². The van der Waals surface area contributed by atoms with Crippen molar-refractivity contribution in [2.45, 2.75) is 25.3 Å². The fourth-order valence-corrected chi connectivity index (χ4v) is 2.93. The van der Waals surface area contributed by atoms with Gasteiger partial charge in [-0.3, -0.25) is 15.2 Å². The minimum atomic E-state index is -0.396. The van der Waals surface area contributed by atoms with Gasteiger partial charge in [0, 0.05) is 17.6 Å². The molecule has 7 nitrogen and oxygen atoms in total. The molecule has 0 radical (unpaired) electrons. The number of aromatic amines is 1. The third kappa shape index (κ3) is 2.69. The molecule has 1 aliphatic rings. The Labute approximate surface area is 126 Å². The monoisotopic (exact) mass is 307 g/mol. The number of anilines is 1. The number of rotatable bonds is 3. The molecular formula is C13H14ClN5O2. The number of benzene rings is 1. The van der Waals surface area contributed by atoms with Crippen LogP contribution in [0.4, 0.5) is 11.4 Å². The average molecular weight is 308 g/mol. The average Bonchev–Trinajstić information content (AvgIpc) is 3.01. The zero-order chi connectivity index (χ0) is 14.8. The van der Waals surface area contributed by atoms with E-state index in [4.69, 9.17) is 11.6 Å². The van der Waals surface area contributed by atoms with Gasteiger partial charge in [-0.25, -0.2) is 4.98 Å². The molecule has 2 heterocycles. The van der Waals surface area contributed by atoms with E-state index in [1.807, 2.05) is 4.90 Å². The number of piperidine rings is 1. The smallest absolute Gasteiger partial charge is 0.294 e. The van der Waals surface area contributed by atoms with Gasteiger partial charge in [-0.1, -0.05) is 11.6 Å². The first-order valence-corrected chi connectivity index (χ1v) is 7.10. The van der Waals surface area contributed by atoms with Crippen molar-refractivity contribution in [2.75, 3.05) is 11.4 Å². The van der Waals surface area contributed by atoms with E-state index in [0.29, 0.717) is 10.7 Å². The summed E-state index contributed by atoms with van der Waals surface area (Å²) >= 11 is 5.88. The molecule has 3 rings (SSSR count). The number of nitrogens with one attached hydrogen (secondary N) is 1. The summed E-state index contributed by atoms with van der Waals surface area (Å²) in [6, 6.07) is 4.75. The summed E-state index contributed by atoms with van der Waals surface area (Å²) in [7, 11) is 0. The molecule has 1 saturated heterocycles. The summed E-state index contributed by atoms with van der Waals surface area (Å²) in [5.41, 5.74) is 0.597. The van der Waals surface area contributed by atoms with Crippen LogP contribution in [0.1, 0.15) is 31.1 Å².